The Kier molecular flexibility index (Phi) is 7.10. The number of ether oxygens (including phenoxy) is 2. The molecule has 0 unspecified atom stereocenters. The number of hydrazone groups is 1. The topological polar surface area (TPSA) is 103 Å². The van der Waals surface area contributed by atoms with Crippen molar-refractivity contribution in [1.82, 2.24) is 5.43 Å². The predicted octanol–water partition coefficient (Wildman–Crippen LogP) is 3.66. The van der Waals surface area contributed by atoms with Gasteiger partial charge >= 0.3 is 0 Å². The van der Waals surface area contributed by atoms with Crippen molar-refractivity contribution in [3.05, 3.63) is 61.0 Å². The summed E-state index contributed by atoms with van der Waals surface area (Å²) in [5.41, 5.74) is 2.71. The van der Waals surface area contributed by atoms with Crippen molar-refractivity contribution >= 4 is 49.7 Å². The maximum Gasteiger partial charge on any atom is 0.277 e. The van der Waals surface area contributed by atoms with Crippen LogP contribution in [0.3, 0.4) is 0 Å². The summed E-state index contributed by atoms with van der Waals surface area (Å²) in [6.07, 6.45) is 1.31. The standard InChI is InChI=1S/C16H13Br2N3O5/c1-25-14-7-11(17)6-13(18)16(14)26-9-15(22)20-19-8-10-3-2-4-12(5-10)21(23)24/h2-8H,9H2,1H3,(H,20,22)/b19-8-. The Hall–Kier alpha value is -2.46. The van der Waals surface area contributed by atoms with E-state index in [1.165, 1.54) is 31.5 Å². The number of nitrogens with zero attached hydrogens (tertiary/aromatic N) is 2. The Morgan fingerprint density at radius 1 is 1.35 bits per heavy atom. The summed E-state index contributed by atoms with van der Waals surface area (Å²) < 4.78 is 12.1. The van der Waals surface area contributed by atoms with E-state index in [1.807, 2.05) is 0 Å². The van der Waals surface area contributed by atoms with Crippen molar-refractivity contribution in [3.8, 4) is 11.5 Å². The fourth-order valence-electron chi connectivity index (χ4n) is 1.90. The van der Waals surface area contributed by atoms with Crippen molar-refractivity contribution in [3.63, 3.8) is 0 Å². The largest absolute Gasteiger partial charge is 0.493 e. The summed E-state index contributed by atoms with van der Waals surface area (Å²) in [6.45, 7) is -0.289. The number of methoxy groups -OCH3 is 1. The van der Waals surface area contributed by atoms with Gasteiger partial charge in [0.15, 0.2) is 18.1 Å². The molecule has 0 bridgehead atoms. The van der Waals surface area contributed by atoms with Crippen LogP contribution in [0.1, 0.15) is 5.56 Å². The fraction of sp³-hybridized carbons (Fsp3) is 0.125. The lowest BCUT2D eigenvalue weighted by molar-refractivity contribution is -0.384. The molecule has 26 heavy (non-hydrogen) atoms. The summed E-state index contributed by atoms with van der Waals surface area (Å²) in [5, 5.41) is 14.5. The highest BCUT2D eigenvalue weighted by Gasteiger charge is 2.12. The molecule has 2 rings (SSSR count). The van der Waals surface area contributed by atoms with Gasteiger partial charge in [-0.15, -0.1) is 0 Å². The molecule has 0 heterocycles. The lowest BCUT2D eigenvalue weighted by Crippen LogP contribution is -2.24. The van der Waals surface area contributed by atoms with Gasteiger partial charge in [-0.1, -0.05) is 28.1 Å². The molecule has 10 heteroatoms. The van der Waals surface area contributed by atoms with Gasteiger partial charge in [0.1, 0.15) is 0 Å². The average molecular weight is 487 g/mol. The quantitative estimate of drug-likeness (QED) is 0.365. The number of nitrogens with one attached hydrogen (secondary N) is 1. The van der Waals surface area contributed by atoms with Gasteiger partial charge in [-0.05, 0) is 28.1 Å². The molecule has 2 aromatic rings. The van der Waals surface area contributed by atoms with Gasteiger partial charge in [0.25, 0.3) is 11.6 Å². The molecule has 0 aromatic heterocycles. The minimum atomic E-state index is -0.507. The van der Waals surface area contributed by atoms with Crippen LogP contribution in [-0.2, 0) is 4.79 Å². The zero-order valence-corrected chi connectivity index (χ0v) is 16.6. The smallest absolute Gasteiger partial charge is 0.277 e. The molecule has 1 amide bonds. The van der Waals surface area contributed by atoms with Crippen LogP contribution in [0.2, 0.25) is 0 Å². The molecule has 0 fully saturated rings. The Labute approximate surface area is 165 Å². The molecule has 0 radical (unpaired) electrons. The van der Waals surface area contributed by atoms with Gasteiger partial charge in [-0.2, -0.15) is 5.10 Å². The van der Waals surface area contributed by atoms with E-state index >= 15 is 0 Å². The Morgan fingerprint density at radius 2 is 2.12 bits per heavy atom. The van der Waals surface area contributed by atoms with Crippen LogP contribution in [0.15, 0.2) is 50.4 Å². The van der Waals surface area contributed by atoms with E-state index in [9.17, 15) is 14.9 Å². The van der Waals surface area contributed by atoms with Crippen molar-refractivity contribution in [1.29, 1.82) is 0 Å². The zero-order valence-electron chi connectivity index (χ0n) is 13.4. The third-order valence-corrected chi connectivity index (χ3v) is 4.07. The highest BCUT2D eigenvalue weighted by Crippen LogP contribution is 2.38. The number of amides is 1. The molecular weight excluding hydrogens is 474 g/mol. The summed E-state index contributed by atoms with van der Waals surface area (Å²) in [6, 6.07) is 9.34. The Balaban J connectivity index is 1.94. The van der Waals surface area contributed by atoms with Crippen molar-refractivity contribution in [2.24, 2.45) is 5.10 Å². The number of hydrogen-bond acceptors (Lipinski definition) is 6. The van der Waals surface area contributed by atoms with Gasteiger partial charge in [-0.3, -0.25) is 14.9 Å². The third-order valence-electron chi connectivity index (χ3n) is 3.03. The number of nitro groups is 1. The molecular formula is C16H13Br2N3O5. The molecule has 0 atom stereocenters. The molecule has 0 spiro atoms. The van der Waals surface area contributed by atoms with Crippen molar-refractivity contribution in [2.45, 2.75) is 0 Å². The van der Waals surface area contributed by atoms with E-state index in [2.05, 4.69) is 42.4 Å². The second-order valence-corrected chi connectivity index (χ2v) is 6.62. The zero-order chi connectivity index (χ0) is 19.1. The first-order chi connectivity index (χ1) is 12.4. The van der Waals surface area contributed by atoms with Gasteiger partial charge in [0, 0.05) is 22.2 Å². The van der Waals surface area contributed by atoms with E-state index in [0.717, 1.165) is 4.47 Å². The number of halogens is 2. The number of carbonyl (C=O) groups excluding carboxylic acids is 1. The fourth-order valence-corrected chi connectivity index (χ4v) is 3.20. The van der Waals surface area contributed by atoms with E-state index in [4.69, 9.17) is 9.47 Å². The molecule has 0 aliphatic heterocycles. The number of carbonyl (C=O) groups is 1. The number of nitro benzene ring substituents is 1. The highest BCUT2D eigenvalue weighted by molar-refractivity contribution is 9.11. The van der Waals surface area contributed by atoms with Crippen LogP contribution >= 0.6 is 31.9 Å². The monoisotopic (exact) mass is 485 g/mol. The first-order valence-corrected chi connectivity index (χ1v) is 8.71. The minimum absolute atomic E-state index is 0.0595. The summed E-state index contributed by atoms with van der Waals surface area (Å²) in [5.74, 6) is 0.344. The minimum Gasteiger partial charge on any atom is -0.493 e. The van der Waals surface area contributed by atoms with Gasteiger partial charge in [0.05, 0.1) is 22.7 Å². The molecule has 1 N–H and O–H groups in total. The summed E-state index contributed by atoms with van der Waals surface area (Å²) in [7, 11) is 1.49. The Bertz CT molecular complexity index is 858. The number of hydrogen-bond donors (Lipinski definition) is 1. The number of benzene rings is 2. The van der Waals surface area contributed by atoms with Crippen LogP contribution < -0.4 is 14.9 Å². The van der Waals surface area contributed by atoms with E-state index in [-0.39, 0.29) is 12.3 Å². The molecule has 0 aliphatic rings. The third kappa shape index (κ3) is 5.53. The molecule has 0 aliphatic carbocycles. The molecule has 136 valence electrons. The molecule has 2 aromatic carbocycles. The second-order valence-electron chi connectivity index (χ2n) is 4.85. The molecule has 0 saturated carbocycles. The van der Waals surface area contributed by atoms with Gasteiger partial charge < -0.3 is 9.47 Å². The molecule has 0 saturated heterocycles. The Morgan fingerprint density at radius 3 is 2.81 bits per heavy atom. The first-order valence-electron chi connectivity index (χ1n) is 7.13. The van der Waals surface area contributed by atoms with E-state index in [0.29, 0.717) is 21.5 Å². The summed E-state index contributed by atoms with van der Waals surface area (Å²) >= 11 is 6.67. The lowest BCUT2D eigenvalue weighted by Gasteiger charge is -2.12. The van der Waals surface area contributed by atoms with Crippen LogP contribution in [0.4, 0.5) is 5.69 Å². The number of non-ortho nitro benzene ring substituents is 1. The maximum atomic E-state index is 11.8. The molecule has 8 nitrogen and oxygen atoms in total. The normalized spacial score (nSPS) is 10.6. The van der Waals surface area contributed by atoms with Crippen molar-refractivity contribution in [2.75, 3.05) is 13.7 Å². The average Bonchev–Trinajstić information content (AvgIpc) is 2.60. The van der Waals surface area contributed by atoms with Crippen LogP contribution in [0, 0.1) is 10.1 Å². The summed E-state index contributed by atoms with van der Waals surface area (Å²) in [4.78, 5) is 22.0. The van der Waals surface area contributed by atoms with E-state index < -0.39 is 10.8 Å². The van der Waals surface area contributed by atoms with Crippen LogP contribution in [0.5, 0.6) is 11.5 Å². The number of rotatable bonds is 7. The highest BCUT2D eigenvalue weighted by atomic mass is 79.9. The predicted molar refractivity (Wildman–Crippen MR) is 103 cm³/mol. The SMILES string of the molecule is COc1cc(Br)cc(Br)c1OCC(=O)N/N=C\c1cccc([N+](=O)[O-])c1. The van der Waals surface area contributed by atoms with Crippen LogP contribution in [0.25, 0.3) is 0 Å². The first kappa shape index (κ1) is 19.9. The maximum absolute atomic E-state index is 11.8. The van der Waals surface area contributed by atoms with E-state index in [1.54, 1.807) is 18.2 Å². The van der Waals surface area contributed by atoms with Gasteiger partial charge in [-0.25, -0.2) is 5.43 Å². The lowest BCUT2D eigenvalue weighted by atomic mass is 10.2. The van der Waals surface area contributed by atoms with Crippen molar-refractivity contribution < 1.29 is 19.2 Å². The second kappa shape index (κ2) is 9.30. The van der Waals surface area contributed by atoms with Crippen LogP contribution in [-0.4, -0.2) is 30.8 Å². The van der Waals surface area contributed by atoms with Gasteiger partial charge in [0.2, 0.25) is 0 Å².